The van der Waals surface area contributed by atoms with Gasteiger partial charge in [0, 0.05) is 16.1 Å². The summed E-state index contributed by atoms with van der Waals surface area (Å²) in [4.78, 5) is 22.2. The third-order valence-corrected chi connectivity index (χ3v) is 3.74. The van der Waals surface area contributed by atoms with Gasteiger partial charge in [0.05, 0.1) is 16.2 Å². The monoisotopic (exact) mass is 377 g/mol. The van der Waals surface area contributed by atoms with Crippen LogP contribution in [0.5, 0.6) is 5.75 Å². The number of hydrogen-bond acceptors (Lipinski definition) is 5. The van der Waals surface area contributed by atoms with E-state index in [2.05, 4.69) is 26.5 Å². The standard InChI is InChI=1S/C15H12BrN3O4/c1-9(10-6-4-8-13(14(10)20)19(22)23)17-18-15(21)11-5-2-3-7-12(11)16/h2-8,20H,1H3,(H,18,21). The van der Waals surface area contributed by atoms with Gasteiger partial charge in [-0.2, -0.15) is 5.10 Å². The third kappa shape index (κ3) is 3.72. The zero-order valence-corrected chi connectivity index (χ0v) is 13.6. The topological polar surface area (TPSA) is 105 Å². The van der Waals surface area contributed by atoms with Crippen LogP contribution in [0.1, 0.15) is 22.8 Å². The second-order valence-electron chi connectivity index (χ2n) is 4.55. The van der Waals surface area contributed by atoms with Crippen LogP contribution in [0.2, 0.25) is 0 Å². The Hall–Kier alpha value is -2.74. The first-order valence-corrected chi connectivity index (χ1v) is 7.27. The number of phenols is 1. The second-order valence-corrected chi connectivity index (χ2v) is 5.40. The van der Waals surface area contributed by atoms with E-state index >= 15 is 0 Å². The van der Waals surface area contributed by atoms with Crippen molar-refractivity contribution in [3.8, 4) is 5.75 Å². The lowest BCUT2D eigenvalue weighted by Gasteiger charge is -2.06. The van der Waals surface area contributed by atoms with Crippen LogP contribution >= 0.6 is 15.9 Å². The molecule has 8 heteroatoms. The number of nitro groups is 1. The summed E-state index contributed by atoms with van der Waals surface area (Å²) in [5.74, 6) is -0.935. The van der Waals surface area contributed by atoms with Crippen molar-refractivity contribution in [3.63, 3.8) is 0 Å². The molecule has 0 aliphatic carbocycles. The summed E-state index contributed by atoms with van der Waals surface area (Å²) < 4.78 is 0.614. The molecule has 0 aliphatic rings. The molecular weight excluding hydrogens is 366 g/mol. The molecule has 7 nitrogen and oxygen atoms in total. The molecule has 0 saturated carbocycles. The molecule has 2 aromatic carbocycles. The average molecular weight is 378 g/mol. The highest BCUT2D eigenvalue weighted by Gasteiger charge is 2.18. The molecule has 23 heavy (non-hydrogen) atoms. The van der Waals surface area contributed by atoms with Gasteiger partial charge in [-0.25, -0.2) is 5.43 Å². The maximum atomic E-state index is 12.0. The van der Waals surface area contributed by atoms with Crippen LogP contribution in [0, 0.1) is 10.1 Å². The van der Waals surface area contributed by atoms with Crippen LogP contribution in [0.15, 0.2) is 52.0 Å². The number of rotatable bonds is 4. The number of carbonyl (C=O) groups excluding carboxylic acids is 1. The number of phenolic OH excluding ortho intramolecular Hbond substituents is 1. The van der Waals surface area contributed by atoms with E-state index in [9.17, 15) is 20.0 Å². The normalized spacial score (nSPS) is 11.1. The SMILES string of the molecule is CC(=NNC(=O)c1ccccc1Br)c1cccc([N+](=O)[O-])c1O. The Labute approximate surface area is 139 Å². The molecular formula is C15H12BrN3O4. The highest BCUT2D eigenvalue weighted by Crippen LogP contribution is 2.29. The first kappa shape index (κ1) is 16.6. The van der Waals surface area contributed by atoms with Gasteiger partial charge in [-0.05, 0) is 41.1 Å². The first-order chi connectivity index (χ1) is 10.9. The Morgan fingerprint density at radius 1 is 1.22 bits per heavy atom. The summed E-state index contributed by atoms with van der Waals surface area (Å²) in [7, 11) is 0. The maximum absolute atomic E-state index is 12.0. The quantitative estimate of drug-likeness (QED) is 0.484. The van der Waals surface area contributed by atoms with Crippen LogP contribution in [0.4, 0.5) is 5.69 Å². The fraction of sp³-hybridized carbons (Fsp3) is 0.0667. The summed E-state index contributed by atoms with van der Waals surface area (Å²) in [6, 6.07) is 10.9. The van der Waals surface area contributed by atoms with E-state index in [1.165, 1.54) is 25.1 Å². The lowest BCUT2D eigenvalue weighted by molar-refractivity contribution is -0.385. The Balaban J connectivity index is 2.24. The first-order valence-electron chi connectivity index (χ1n) is 6.47. The number of aromatic hydroxyl groups is 1. The molecule has 2 rings (SSSR count). The van der Waals surface area contributed by atoms with Gasteiger partial charge in [-0.1, -0.05) is 18.2 Å². The Morgan fingerprint density at radius 3 is 2.52 bits per heavy atom. The number of halogens is 1. The molecule has 0 unspecified atom stereocenters. The van der Waals surface area contributed by atoms with Crippen molar-refractivity contribution in [1.29, 1.82) is 0 Å². The van der Waals surface area contributed by atoms with Crippen molar-refractivity contribution in [2.45, 2.75) is 6.92 Å². The predicted octanol–water partition coefficient (Wildman–Crippen LogP) is 3.22. The van der Waals surface area contributed by atoms with E-state index in [1.54, 1.807) is 24.3 Å². The maximum Gasteiger partial charge on any atom is 0.311 e. The fourth-order valence-electron chi connectivity index (χ4n) is 1.87. The van der Waals surface area contributed by atoms with Gasteiger partial charge >= 0.3 is 5.69 Å². The molecule has 0 fully saturated rings. The molecule has 0 atom stereocenters. The van der Waals surface area contributed by atoms with Gasteiger partial charge in [0.1, 0.15) is 0 Å². The molecule has 0 radical (unpaired) electrons. The van der Waals surface area contributed by atoms with Crippen molar-refractivity contribution in [3.05, 3.63) is 68.2 Å². The van der Waals surface area contributed by atoms with Crippen molar-refractivity contribution in [2.24, 2.45) is 5.10 Å². The van der Waals surface area contributed by atoms with Gasteiger partial charge in [0.15, 0.2) is 0 Å². The van der Waals surface area contributed by atoms with Crippen molar-refractivity contribution in [1.82, 2.24) is 5.43 Å². The van der Waals surface area contributed by atoms with Crippen LogP contribution in [-0.4, -0.2) is 21.6 Å². The lowest BCUT2D eigenvalue weighted by atomic mass is 10.1. The number of nitro benzene ring substituents is 1. The Bertz CT molecular complexity index is 805. The highest BCUT2D eigenvalue weighted by molar-refractivity contribution is 9.10. The van der Waals surface area contributed by atoms with Gasteiger partial charge in [-0.3, -0.25) is 14.9 Å². The molecule has 0 aromatic heterocycles. The Morgan fingerprint density at radius 2 is 1.87 bits per heavy atom. The lowest BCUT2D eigenvalue weighted by Crippen LogP contribution is -2.19. The third-order valence-electron chi connectivity index (χ3n) is 3.04. The number of nitrogens with one attached hydrogen (secondary N) is 1. The molecule has 0 aliphatic heterocycles. The molecule has 2 aromatic rings. The molecule has 2 N–H and O–H groups in total. The summed E-state index contributed by atoms with van der Waals surface area (Å²) in [5.41, 5.74) is 2.74. The number of para-hydroxylation sites is 1. The molecule has 0 heterocycles. The Kier molecular flexibility index (Phi) is 5.07. The van der Waals surface area contributed by atoms with Gasteiger partial charge in [0.25, 0.3) is 5.91 Å². The van der Waals surface area contributed by atoms with E-state index in [4.69, 9.17) is 0 Å². The fourth-order valence-corrected chi connectivity index (χ4v) is 2.34. The van der Waals surface area contributed by atoms with Crippen LogP contribution < -0.4 is 5.43 Å². The van der Waals surface area contributed by atoms with Crippen LogP contribution in [-0.2, 0) is 0 Å². The minimum Gasteiger partial charge on any atom is -0.502 e. The summed E-state index contributed by atoms with van der Waals surface area (Å²) >= 11 is 3.26. The second kappa shape index (κ2) is 7.01. The summed E-state index contributed by atoms with van der Waals surface area (Å²) in [6.45, 7) is 1.53. The minimum absolute atomic E-state index is 0.173. The van der Waals surface area contributed by atoms with E-state index in [1.807, 2.05) is 0 Å². The zero-order valence-electron chi connectivity index (χ0n) is 12.0. The largest absolute Gasteiger partial charge is 0.502 e. The zero-order chi connectivity index (χ0) is 17.0. The molecule has 0 spiro atoms. The number of hydrazone groups is 1. The smallest absolute Gasteiger partial charge is 0.311 e. The van der Waals surface area contributed by atoms with E-state index in [0.717, 1.165) is 0 Å². The number of carbonyl (C=O) groups is 1. The number of benzene rings is 2. The minimum atomic E-state index is -0.689. The number of nitrogens with zero attached hydrogens (tertiary/aromatic N) is 2. The number of amides is 1. The van der Waals surface area contributed by atoms with Gasteiger partial charge in [-0.15, -0.1) is 0 Å². The summed E-state index contributed by atoms with van der Waals surface area (Å²) in [5, 5.41) is 24.6. The molecule has 1 amide bonds. The summed E-state index contributed by atoms with van der Waals surface area (Å²) in [6.07, 6.45) is 0. The molecule has 0 bridgehead atoms. The number of hydrogen-bond donors (Lipinski definition) is 2. The molecule has 0 saturated heterocycles. The van der Waals surface area contributed by atoms with Gasteiger partial charge in [0.2, 0.25) is 5.75 Å². The predicted molar refractivity (Wildman–Crippen MR) is 88.6 cm³/mol. The van der Waals surface area contributed by atoms with Crippen molar-refractivity contribution >= 4 is 33.2 Å². The van der Waals surface area contributed by atoms with Gasteiger partial charge < -0.3 is 5.11 Å². The molecule has 118 valence electrons. The van der Waals surface area contributed by atoms with Crippen LogP contribution in [0.25, 0.3) is 0 Å². The van der Waals surface area contributed by atoms with E-state index in [-0.39, 0.29) is 11.3 Å². The van der Waals surface area contributed by atoms with Crippen molar-refractivity contribution < 1.29 is 14.8 Å². The van der Waals surface area contributed by atoms with E-state index < -0.39 is 22.3 Å². The average Bonchev–Trinajstić information content (AvgIpc) is 2.52. The highest BCUT2D eigenvalue weighted by atomic mass is 79.9. The van der Waals surface area contributed by atoms with E-state index in [0.29, 0.717) is 10.0 Å². The van der Waals surface area contributed by atoms with Crippen LogP contribution in [0.3, 0.4) is 0 Å². The van der Waals surface area contributed by atoms with Crippen molar-refractivity contribution in [2.75, 3.05) is 0 Å².